The number of ether oxygens (including phenoxy) is 2. The third kappa shape index (κ3) is 7.32. The van der Waals surface area contributed by atoms with Crippen LogP contribution in [-0.2, 0) is 11.2 Å². The number of aromatic nitrogens is 1. The summed E-state index contributed by atoms with van der Waals surface area (Å²) in [7, 11) is 1.00. The maximum absolute atomic E-state index is 11.1. The van der Waals surface area contributed by atoms with Crippen molar-refractivity contribution >= 4 is 11.8 Å². The van der Waals surface area contributed by atoms with Gasteiger partial charge in [-0.15, -0.1) is 11.8 Å². The lowest BCUT2D eigenvalue weighted by Crippen LogP contribution is -2.50. The van der Waals surface area contributed by atoms with E-state index in [1.54, 1.807) is 6.20 Å². The Bertz CT molecular complexity index is 673. The number of hydrogen-bond acceptors (Lipinski definition) is 7. The van der Waals surface area contributed by atoms with E-state index in [0.29, 0.717) is 24.5 Å². The lowest BCUT2D eigenvalue weighted by molar-refractivity contribution is 0.0415. The maximum atomic E-state index is 11.1. The highest BCUT2D eigenvalue weighted by atomic mass is 32.2. The van der Waals surface area contributed by atoms with Gasteiger partial charge < -0.3 is 25.4 Å². The Balaban J connectivity index is 0.00000132. The molecule has 0 amide bonds. The molecule has 0 aliphatic heterocycles. The normalized spacial score (nSPS) is 22.9. The molecule has 1 aromatic rings. The summed E-state index contributed by atoms with van der Waals surface area (Å²) < 4.78 is 12.0. The van der Waals surface area contributed by atoms with Gasteiger partial charge in [-0.05, 0) is 68.6 Å². The molecule has 3 fully saturated rings. The largest absolute Gasteiger partial charge is 0.490 e. The summed E-state index contributed by atoms with van der Waals surface area (Å²) in [5.74, 6) is 1.70. The lowest BCUT2D eigenvalue weighted by Gasteiger charge is -2.32. The first kappa shape index (κ1) is 24.8. The molecule has 2 atom stereocenters. The summed E-state index contributed by atoms with van der Waals surface area (Å²) in [6.45, 7) is 1.09. The van der Waals surface area contributed by atoms with Crippen LogP contribution in [-0.4, -0.2) is 58.9 Å². The summed E-state index contributed by atoms with van der Waals surface area (Å²) in [5.41, 5.74) is 7.79. The van der Waals surface area contributed by atoms with Crippen molar-refractivity contribution in [1.82, 2.24) is 4.98 Å². The van der Waals surface area contributed by atoms with Crippen LogP contribution in [0.25, 0.3) is 0 Å². The minimum Gasteiger partial charge on any atom is -0.490 e. The fourth-order valence-corrected chi connectivity index (χ4v) is 5.09. The van der Waals surface area contributed by atoms with Crippen LogP contribution in [0.4, 0.5) is 0 Å². The Morgan fingerprint density at radius 1 is 1.23 bits per heavy atom. The number of aliphatic hydroxyl groups excluding tert-OH is 1. The number of rotatable bonds is 11. The minimum absolute atomic E-state index is 0.304. The number of aliphatic hydroxyl groups is 2. The third-order valence-electron chi connectivity index (χ3n) is 7.07. The summed E-state index contributed by atoms with van der Waals surface area (Å²) in [4.78, 5) is 3.36. The van der Waals surface area contributed by atoms with Crippen molar-refractivity contribution in [2.45, 2.75) is 81.3 Å². The van der Waals surface area contributed by atoms with E-state index in [1.165, 1.54) is 50.3 Å². The van der Waals surface area contributed by atoms with Gasteiger partial charge in [0.15, 0.2) is 0 Å². The van der Waals surface area contributed by atoms with Crippen molar-refractivity contribution in [1.29, 1.82) is 0 Å². The fraction of sp³-hybridized carbons (Fsp3) is 0.792. The van der Waals surface area contributed by atoms with Gasteiger partial charge in [0.1, 0.15) is 10.7 Å². The van der Waals surface area contributed by atoms with Gasteiger partial charge in [-0.25, -0.2) is 0 Å². The Morgan fingerprint density at radius 3 is 2.55 bits per heavy atom. The smallest absolute Gasteiger partial charge is 0.133 e. The maximum Gasteiger partial charge on any atom is 0.133 e. The number of nitrogens with zero attached hydrogens (tertiary/aromatic N) is 1. The average molecular weight is 453 g/mol. The van der Waals surface area contributed by atoms with Crippen LogP contribution in [0.1, 0.15) is 63.5 Å². The van der Waals surface area contributed by atoms with E-state index in [2.05, 4.69) is 4.98 Å². The zero-order valence-corrected chi connectivity index (χ0v) is 19.9. The van der Waals surface area contributed by atoms with Gasteiger partial charge in [0.25, 0.3) is 0 Å². The Morgan fingerprint density at radius 2 is 1.94 bits per heavy atom. The molecule has 4 rings (SSSR count). The van der Waals surface area contributed by atoms with Gasteiger partial charge >= 0.3 is 0 Å². The monoisotopic (exact) mass is 452 g/mol. The number of nitrogens with two attached hydrogens (primary N) is 1. The van der Waals surface area contributed by atoms with Crippen molar-refractivity contribution in [3.63, 3.8) is 0 Å². The molecule has 0 saturated heterocycles. The predicted octanol–water partition coefficient (Wildman–Crippen LogP) is 3.53. The van der Waals surface area contributed by atoms with Crippen LogP contribution >= 0.6 is 11.8 Å². The first-order valence-electron chi connectivity index (χ1n) is 11.7. The molecule has 0 radical (unpaired) electrons. The van der Waals surface area contributed by atoms with E-state index in [-0.39, 0.29) is 0 Å². The third-order valence-corrected chi connectivity index (χ3v) is 8.23. The molecule has 6 nitrogen and oxygen atoms in total. The summed E-state index contributed by atoms with van der Waals surface area (Å²) in [6.07, 6.45) is 15.8. The molecule has 0 aromatic carbocycles. The van der Waals surface area contributed by atoms with E-state index in [1.807, 2.05) is 18.4 Å². The van der Waals surface area contributed by atoms with Gasteiger partial charge in [-0.1, -0.05) is 12.8 Å². The van der Waals surface area contributed by atoms with Crippen LogP contribution in [0.2, 0.25) is 0 Å². The van der Waals surface area contributed by atoms with Crippen molar-refractivity contribution in [2.75, 3.05) is 26.6 Å². The zero-order valence-electron chi connectivity index (χ0n) is 19.1. The molecular formula is C24H40N2O4S. The van der Waals surface area contributed by atoms with E-state index in [9.17, 15) is 5.11 Å². The van der Waals surface area contributed by atoms with E-state index >= 15 is 0 Å². The van der Waals surface area contributed by atoms with Crippen molar-refractivity contribution in [3.05, 3.63) is 24.0 Å². The predicted molar refractivity (Wildman–Crippen MR) is 125 cm³/mol. The summed E-state index contributed by atoms with van der Waals surface area (Å²) in [6, 6.07) is 3.42. The highest BCUT2D eigenvalue weighted by Crippen LogP contribution is 2.56. The second-order valence-electron chi connectivity index (χ2n) is 9.44. The second-order valence-corrected chi connectivity index (χ2v) is 10.6. The van der Waals surface area contributed by atoms with Crippen LogP contribution < -0.4 is 10.5 Å². The van der Waals surface area contributed by atoms with Crippen LogP contribution in [0.3, 0.4) is 0 Å². The molecule has 4 N–H and O–H groups in total. The second kappa shape index (κ2) is 11.3. The van der Waals surface area contributed by atoms with Crippen molar-refractivity contribution in [2.24, 2.45) is 17.1 Å². The van der Waals surface area contributed by atoms with E-state index < -0.39 is 11.0 Å². The number of thioether (sulfide) groups is 1. The van der Waals surface area contributed by atoms with Gasteiger partial charge in [0, 0.05) is 38.1 Å². The molecule has 31 heavy (non-hydrogen) atoms. The Kier molecular flexibility index (Phi) is 9.05. The van der Waals surface area contributed by atoms with Crippen molar-refractivity contribution in [3.8, 4) is 5.75 Å². The standard InChI is InChI=1S/C23H36N2O3S.CH4O/c1-29-23(26,21(24)16-27-13-7-17-2-3-17)15-18-14-20(6-12-25-18)28-19-4-8-22(9-5-19)10-11-22;1-2/h6,12,14,17,19,21,26H,2-5,7-11,13,15-16,24H2,1H3;2H,1H3/t21?,23-;/m0./s1. The molecule has 1 spiro atoms. The Hall–Kier alpha value is -0.860. The quantitative estimate of drug-likeness (QED) is 0.349. The van der Waals surface area contributed by atoms with Crippen LogP contribution in [0, 0.1) is 11.3 Å². The number of hydrogen-bond donors (Lipinski definition) is 3. The van der Waals surface area contributed by atoms with Gasteiger partial charge in [0.2, 0.25) is 0 Å². The molecule has 3 aliphatic rings. The van der Waals surface area contributed by atoms with Gasteiger partial charge in [-0.2, -0.15) is 0 Å². The SMILES string of the molecule is CO.CS[C@@](O)(Cc1cc(OC2CCC3(CC2)CC3)ccn1)C(N)COCCC1CC1. The molecule has 176 valence electrons. The molecule has 1 aromatic heterocycles. The highest BCUT2D eigenvalue weighted by Gasteiger charge is 2.45. The molecular weight excluding hydrogens is 412 g/mol. The molecule has 7 heteroatoms. The van der Waals surface area contributed by atoms with Crippen LogP contribution in [0.15, 0.2) is 18.3 Å². The summed E-state index contributed by atoms with van der Waals surface area (Å²) in [5, 5.41) is 18.1. The molecule has 1 unspecified atom stereocenters. The Labute approximate surface area is 191 Å². The molecule has 3 saturated carbocycles. The molecule has 3 aliphatic carbocycles. The first-order valence-corrected chi connectivity index (χ1v) is 12.9. The number of pyridine rings is 1. The average Bonchev–Trinajstić information content (AvgIpc) is 3.72. The van der Waals surface area contributed by atoms with E-state index in [0.717, 1.165) is 50.3 Å². The zero-order chi connectivity index (χ0) is 22.3. The summed E-state index contributed by atoms with van der Waals surface area (Å²) >= 11 is 1.37. The highest BCUT2D eigenvalue weighted by molar-refractivity contribution is 7.99. The topological polar surface area (TPSA) is 97.8 Å². The van der Waals surface area contributed by atoms with Gasteiger partial charge in [-0.3, -0.25) is 4.98 Å². The lowest BCUT2D eigenvalue weighted by atomic mass is 9.85. The van der Waals surface area contributed by atoms with Gasteiger partial charge in [0.05, 0.1) is 18.8 Å². The fourth-order valence-electron chi connectivity index (χ4n) is 4.43. The van der Waals surface area contributed by atoms with E-state index in [4.69, 9.17) is 20.3 Å². The van der Waals surface area contributed by atoms with Crippen LogP contribution in [0.5, 0.6) is 5.75 Å². The first-order chi connectivity index (χ1) is 15.0. The molecule has 0 bridgehead atoms. The van der Waals surface area contributed by atoms with Crippen molar-refractivity contribution < 1.29 is 19.7 Å². The molecule has 1 heterocycles. The minimum atomic E-state index is -1.10.